The first kappa shape index (κ1) is 9.07. The van der Waals surface area contributed by atoms with Crippen molar-refractivity contribution in [3.05, 3.63) is 29.8 Å². The van der Waals surface area contributed by atoms with Crippen molar-refractivity contribution in [2.24, 2.45) is 0 Å². The van der Waals surface area contributed by atoms with Crippen molar-refractivity contribution >= 4 is 5.69 Å². The fraction of sp³-hybridized carbons (Fsp3) is 0.400. The van der Waals surface area contributed by atoms with E-state index in [4.69, 9.17) is 5.73 Å². The van der Waals surface area contributed by atoms with Crippen molar-refractivity contribution in [2.75, 3.05) is 5.73 Å². The molecule has 0 fully saturated rings. The van der Waals surface area contributed by atoms with Crippen molar-refractivity contribution in [3.63, 3.8) is 0 Å². The molecule has 0 aliphatic heterocycles. The Labute approximate surface area is 73.8 Å². The first-order chi connectivity index (χ1) is 5.70. The summed E-state index contributed by atoms with van der Waals surface area (Å²) in [5.74, 6) is 0. The maximum Gasteiger partial charge on any atom is 0.0359 e. The van der Waals surface area contributed by atoms with Gasteiger partial charge < -0.3 is 11.1 Å². The van der Waals surface area contributed by atoms with E-state index in [9.17, 15) is 0 Å². The molecule has 0 unspecified atom stereocenters. The van der Waals surface area contributed by atoms with Gasteiger partial charge in [0.2, 0.25) is 0 Å². The second-order valence-electron chi connectivity index (χ2n) is 3.23. The summed E-state index contributed by atoms with van der Waals surface area (Å²) >= 11 is 0. The van der Waals surface area contributed by atoms with E-state index in [1.807, 2.05) is 24.3 Å². The second kappa shape index (κ2) is 4.12. The van der Waals surface area contributed by atoms with E-state index in [0.29, 0.717) is 6.04 Å². The fourth-order valence-electron chi connectivity index (χ4n) is 1.01. The molecule has 0 aliphatic rings. The minimum Gasteiger partial charge on any atom is -0.398 e. The lowest BCUT2D eigenvalue weighted by Crippen LogP contribution is -2.22. The van der Waals surface area contributed by atoms with Crippen LogP contribution in [-0.2, 0) is 6.54 Å². The van der Waals surface area contributed by atoms with Crippen LogP contribution in [0.2, 0.25) is 0 Å². The molecule has 1 aromatic rings. The third kappa shape index (κ3) is 2.55. The number of hydrogen-bond donors (Lipinski definition) is 2. The van der Waals surface area contributed by atoms with E-state index < -0.39 is 0 Å². The Kier molecular flexibility index (Phi) is 3.11. The fourth-order valence-corrected chi connectivity index (χ4v) is 1.01. The summed E-state index contributed by atoms with van der Waals surface area (Å²) in [6, 6.07) is 8.44. The van der Waals surface area contributed by atoms with Crippen LogP contribution in [0, 0.1) is 0 Å². The van der Waals surface area contributed by atoms with Gasteiger partial charge in [-0.15, -0.1) is 0 Å². The van der Waals surface area contributed by atoms with E-state index in [1.54, 1.807) is 0 Å². The third-order valence-electron chi connectivity index (χ3n) is 1.76. The van der Waals surface area contributed by atoms with E-state index in [2.05, 4.69) is 19.2 Å². The molecule has 0 aliphatic carbocycles. The van der Waals surface area contributed by atoms with Gasteiger partial charge in [-0.2, -0.15) is 0 Å². The van der Waals surface area contributed by atoms with Crippen LogP contribution in [0.3, 0.4) is 0 Å². The molecule has 0 amide bonds. The van der Waals surface area contributed by atoms with Crippen molar-refractivity contribution in [1.29, 1.82) is 0 Å². The zero-order valence-corrected chi connectivity index (χ0v) is 7.67. The van der Waals surface area contributed by atoms with Gasteiger partial charge in [-0.25, -0.2) is 0 Å². The second-order valence-corrected chi connectivity index (χ2v) is 3.23. The van der Waals surface area contributed by atoms with Gasteiger partial charge in [-0.1, -0.05) is 32.0 Å². The van der Waals surface area contributed by atoms with Gasteiger partial charge in [0, 0.05) is 18.3 Å². The number of anilines is 1. The monoisotopic (exact) mass is 164 g/mol. The number of hydrogen-bond acceptors (Lipinski definition) is 2. The Bertz CT molecular complexity index is 243. The smallest absolute Gasteiger partial charge is 0.0359 e. The van der Waals surface area contributed by atoms with Crippen molar-refractivity contribution in [3.8, 4) is 0 Å². The van der Waals surface area contributed by atoms with Crippen LogP contribution in [0.4, 0.5) is 5.69 Å². The summed E-state index contributed by atoms with van der Waals surface area (Å²) in [6.07, 6.45) is 0. The van der Waals surface area contributed by atoms with Crippen LogP contribution in [0.5, 0.6) is 0 Å². The summed E-state index contributed by atoms with van der Waals surface area (Å²) in [5.41, 5.74) is 7.81. The molecule has 66 valence electrons. The van der Waals surface area contributed by atoms with Crippen LogP contribution in [0.1, 0.15) is 19.4 Å². The average Bonchev–Trinajstić information content (AvgIpc) is 2.03. The Hall–Kier alpha value is -1.02. The molecule has 0 atom stereocenters. The minimum atomic E-state index is 0.504. The van der Waals surface area contributed by atoms with Crippen LogP contribution in [0.25, 0.3) is 0 Å². The standard InChI is InChI=1S/C10H16N2/c1-8(2)12-7-9-5-3-4-6-10(9)11/h3-6,8,12H,7,11H2,1-2H3. The maximum absolute atomic E-state index is 5.77. The number of rotatable bonds is 3. The molecule has 0 bridgehead atoms. The maximum atomic E-state index is 5.77. The lowest BCUT2D eigenvalue weighted by atomic mass is 10.2. The Balaban J connectivity index is 2.57. The zero-order valence-electron chi connectivity index (χ0n) is 7.67. The van der Waals surface area contributed by atoms with Crippen LogP contribution < -0.4 is 11.1 Å². The summed E-state index contributed by atoms with van der Waals surface area (Å²) < 4.78 is 0. The molecule has 3 N–H and O–H groups in total. The molecule has 2 nitrogen and oxygen atoms in total. The number of nitrogens with two attached hydrogens (primary N) is 1. The predicted octanol–water partition coefficient (Wildman–Crippen LogP) is 1.77. The predicted molar refractivity (Wildman–Crippen MR) is 52.8 cm³/mol. The van der Waals surface area contributed by atoms with Crippen LogP contribution in [-0.4, -0.2) is 6.04 Å². The summed E-state index contributed by atoms with van der Waals surface area (Å²) in [4.78, 5) is 0. The molecule has 0 radical (unpaired) electrons. The van der Waals surface area contributed by atoms with Gasteiger partial charge in [0.15, 0.2) is 0 Å². The lowest BCUT2D eigenvalue weighted by molar-refractivity contribution is 0.589. The Morgan fingerprint density at radius 1 is 1.33 bits per heavy atom. The highest BCUT2D eigenvalue weighted by atomic mass is 14.9. The SMILES string of the molecule is CC(C)NCc1ccccc1N. The van der Waals surface area contributed by atoms with Gasteiger partial charge >= 0.3 is 0 Å². The molecule has 12 heavy (non-hydrogen) atoms. The van der Waals surface area contributed by atoms with Gasteiger partial charge in [-0.3, -0.25) is 0 Å². The van der Waals surface area contributed by atoms with Crippen molar-refractivity contribution in [2.45, 2.75) is 26.4 Å². The molecule has 1 aromatic carbocycles. The van der Waals surface area contributed by atoms with Crippen molar-refractivity contribution < 1.29 is 0 Å². The molecule has 0 saturated carbocycles. The molecule has 0 spiro atoms. The highest BCUT2D eigenvalue weighted by Gasteiger charge is 1.97. The van der Waals surface area contributed by atoms with Gasteiger partial charge in [-0.05, 0) is 11.6 Å². The summed E-state index contributed by atoms with van der Waals surface area (Å²) in [6.45, 7) is 5.10. The van der Waals surface area contributed by atoms with E-state index >= 15 is 0 Å². The average molecular weight is 164 g/mol. The number of benzene rings is 1. The topological polar surface area (TPSA) is 38.0 Å². The molecule has 2 heteroatoms. The molecule has 1 rings (SSSR count). The summed E-state index contributed by atoms with van der Waals surface area (Å²) in [7, 11) is 0. The van der Waals surface area contributed by atoms with Crippen LogP contribution >= 0.6 is 0 Å². The van der Waals surface area contributed by atoms with Gasteiger partial charge in [0.25, 0.3) is 0 Å². The van der Waals surface area contributed by atoms with E-state index in [1.165, 1.54) is 5.56 Å². The minimum absolute atomic E-state index is 0.504. The normalized spacial score (nSPS) is 10.6. The first-order valence-electron chi connectivity index (χ1n) is 4.27. The molecular weight excluding hydrogens is 148 g/mol. The summed E-state index contributed by atoms with van der Waals surface area (Å²) in [5, 5.41) is 3.32. The van der Waals surface area contributed by atoms with Gasteiger partial charge in [0.1, 0.15) is 0 Å². The highest BCUT2D eigenvalue weighted by molar-refractivity contribution is 5.46. The molecule has 0 saturated heterocycles. The third-order valence-corrected chi connectivity index (χ3v) is 1.76. The van der Waals surface area contributed by atoms with Crippen LogP contribution in [0.15, 0.2) is 24.3 Å². The molecule has 0 aromatic heterocycles. The highest BCUT2D eigenvalue weighted by Crippen LogP contribution is 2.09. The van der Waals surface area contributed by atoms with Crippen molar-refractivity contribution in [1.82, 2.24) is 5.32 Å². The molecular formula is C10H16N2. The quantitative estimate of drug-likeness (QED) is 0.668. The van der Waals surface area contributed by atoms with E-state index in [-0.39, 0.29) is 0 Å². The molecule has 0 heterocycles. The lowest BCUT2D eigenvalue weighted by Gasteiger charge is -2.09. The zero-order chi connectivity index (χ0) is 8.97. The Morgan fingerprint density at radius 3 is 2.58 bits per heavy atom. The number of nitrogen functional groups attached to an aromatic ring is 1. The van der Waals surface area contributed by atoms with E-state index in [0.717, 1.165) is 12.2 Å². The largest absolute Gasteiger partial charge is 0.398 e. The van der Waals surface area contributed by atoms with Gasteiger partial charge in [0.05, 0.1) is 0 Å². The number of para-hydroxylation sites is 1. The number of nitrogens with one attached hydrogen (secondary N) is 1. The Morgan fingerprint density at radius 2 is 2.00 bits per heavy atom. The first-order valence-corrected chi connectivity index (χ1v) is 4.27.